The highest BCUT2D eigenvalue weighted by Gasteiger charge is 2.10. The van der Waals surface area contributed by atoms with E-state index < -0.39 is 17.6 Å². The molecule has 0 unspecified atom stereocenters. The van der Waals surface area contributed by atoms with Gasteiger partial charge in [0.25, 0.3) is 0 Å². The maximum atomic E-state index is 13.0. The molecule has 0 saturated heterocycles. The predicted octanol–water partition coefficient (Wildman–Crippen LogP) is 3.67. The number of rotatable bonds is 3. The van der Waals surface area contributed by atoms with Crippen molar-refractivity contribution in [2.75, 3.05) is 5.73 Å². The fourth-order valence-corrected chi connectivity index (χ4v) is 1.78. The second-order valence-corrected chi connectivity index (χ2v) is 4.92. The van der Waals surface area contributed by atoms with Crippen LogP contribution in [0.1, 0.15) is 15.9 Å². The van der Waals surface area contributed by atoms with Crippen molar-refractivity contribution < 1.29 is 18.3 Å². The molecule has 0 bridgehead atoms. The van der Waals surface area contributed by atoms with Gasteiger partial charge in [-0.25, -0.2) is 13.6 Å². The van der Waals surface area contributed by atoms with Gasteiger partial charge in [-0.05, 0) is 51.8 Å². The smallest absolute Gasteiger partial charge is 0.338 e. The molecule has 0 aliphatic carbocycles. The topological polar surface area (TPSA) is 52.3 Å². The van der Waals surface area contributed by atoms with Crippen molar-refractivity contribution in [1.82, 2.24) is 0 Å². The fourth-order valence-electron chi connectivity index (χ4n) is 1.53. The summed E-state index contributed by atoms with van der Waals surface area (Å²) in [6.45, 7) is -0.147. The van der Waals surface area contributed by atoms with E-state index in [1.165, 1.54) is 12.1 Å². The van der Waals surface area contributed by atoms with E-state index in [0.717, 1.165) is 12.1 Å². The van der Waals surface area contributed by atoms with Crippen LogP contribution in [0.15, 0.2) is 40.9 Å². The molecule has 0 fully saturated rings. The van der Waals surface area contributed by atoms with E-state index in [4.69, 9.17) is 10.5 Å². The van der Waals surface area contributed by atoms with Crippen LogP contribution < -0.4 is 5.73 Å². The number of esters is 1. The van der Waals surface area contributed by atoms with Gasteiger partial charge in [-0.1, -0.05) is 6.07 Å². The molecule has 0 aliphatic heterocycles. The van der Waals surface area contributed by atoms with Crippen LogP contribution in [0.3, 0.4) is 0 Å². The average Bonchev–Trinajstić information content (AvgIpc) is 2.43. The molecule has 6 heteroatoms. The van der Waals surface area contributed by atoms with Crippen LogP contribution in [0.4, 0.5) is 14.5 Å². The third-order valence-corrected chi connectivity index (χ3v) is 3.31. The molecule has 0 spiro atoms. The zero-order chi connectivity index (χ0) is 14.7. The summed E-state index contributed by atoms with van der Waals surface area (Å²) in [5, 5.41) is 0. The number of nitrogen functional groups attached to an aromatic ring is 1. The van der Waals surface area contributed by atoms with Gasteiger partial charge in [0.1, 0.15) is 6.61 Å². The summed E-state index contributed by atoms with van der Waals surface area (Å²) in [6, 6.07) is 7.96. The fraction of sp³-hybridized carbons (Fsp3) is 0.0714. The number of nitrogens with two attached hydrogens (primary N) is 1. The first kappa shape index (κ1) is 14.5. The summed E-state index contributed by atoms with van der Waals surface area (Å²) in [5.41, 5.74) is 6.71. The van der Waals surface area contributed by atoms with Crippen LogP contribution in [0, 0.1) is 11.6 Å². The van der Waals surface area contributed by atoms with Crippen molar-refractivity contribution >= 4 is 27.6 Å². The minimum Gasteiger partial charge on any atom is -0.457 e. The van der Waals surface area contributed by atoms with E-state index in [-0.39, 0.29) is 12.2 Å². The molecule has 0 heterocycles. The summed E-state index contributed by atoms with van der Waals surface area (Å²) >= 11 is 3.21. The minimum atomic E-state index is -0.980. The number of carbonyl (C=O) groups excluding carboxylic acids is 1. The Morgan fingerprint density at radius 3 is 2.55 bits per heavy atom. The SMILES string of the molecule is Nc1cc(C(=O)OCc2ccc(F)c(F)c2)ccc1Br. The van der Waals surface area contributed by atoms with E-state index >= 15 is 0 Å². The van der Waals surface area contributed by atoms with Crippen LogP contribution in [-0.2, 0) is 11.3 Å². The van der Waals surface area contributed by atoms with E-state index in [1.807, 2.05) is 0 Å². The third kappa shape index (κ3) is 3.33. The lowest BCUT2D eigenvalue weighted by molar-refractivity contribution is 0.0472. The second-order valence-electron chi connectivity index (χ2n) is 4.06. The Hall–Kier alpha value is -1.95. The molecule has 104 valence electrons. The highest BCUT2D eigenvalue weighted by atomic mass is 79.9. The molecule has 2 rings (SSSR count). The monoisotopic (exact) mass is 341 g/mol. The van der Waals surface area contributed by atoms with Crippen molar-refractivity contribution in [2.45, 2.75) is 6.61 Å². The lowest BCUT2D eigenvalue weighted by atomic mass is 10.2. The molecule has 0 radical (unpaired) electrons. The van der Waals surface area contributed by atoms with Crippen molar-refractivity contribution in [2.24, 2.45) is 0 Å². The van der Waals surface area contributed by atoms with Crippen molar-refractivity contribution in [1.29, 1.82) is 0 Å². The average molecular weight is 342 g/mol. The number of halogens is 3. The van der Waals surface area contributed by atoms with Crippen molar-refractivity contribution in [3.8, 4) is 0 Å². The molecule has 0 amide bonds. The van der Waals surface area contributed by atoms with Gasteiger partial charge in [-0.3, -0.25) is 0 Å². The highest BCUT2D eigenvalue weighted by Crippen LogP contribution is 2.21. The molecule has 0 atom stereocenters. The molecule has 20 heavy (non-hydrogen) atoms. The summed E-state index contributed by atoms with van der Waals surface area (Å²) < 4.78 is 31.4. The molecule has 0 aliphatic rings. The standard InChI is InChI=1S/C14H10BrF2NO2/c15-10-3-2-9(6-13(10)18)14(19)20-7-8-1-4-11(16)12(17)5-8/h1-6H,7,18H2. The van der Waals surface area contributed by atoms with Crippen LogP contribution in [0.2, 0.25) is 0 Å². The second kappa shape index (κ2) is 6.00. The lowest BCUT2D eigenvalue weighted by Crippen LogP contribution is -2.06. The van der Waals surface area contributed by atoms with E-state index in [9.17, 15) is 13.6 Å². The lowest BCUT2D eigenvalue weighted by Gasteiger charge is -2.06. The van der Waals surface area contributed by atoms with Crippen LogP contribution in [0.5, 0.6) is 0 Å². The molecule has 0 aromatic heterocycles. The summed E-state index contributed by atoms with van der Waals surface area (Å²) in [7, 11) is 0. The molecule has 0 saturated carbocycles. The minimum absolute atomic E-state index is 0.147. The van der Waals surface area contributed by atoms with Crippen LogP contribution in [-0.4, -0.2) is 5.97 Å². The van der Waals surface area contributed by atoms with Gasteiger partial charge in [0.05, 0.1) is 5.56 Å². The van der Waals surface area contributed by atoms with Gasteiger partial charge >= 0.3 is 5.97 Å². The molecule has 2 aromatic rings. The Labute approximate surface area is 122 Å². The summed E-state index contributed by atoms with van der Waals surface area (Å²) in [6.07, 6.45) is 0. The number of anilines is 1. The van der Waals surface area contributed by atoms with Crippen LogP contribution >= 0.6 is 15.9 Å². The van der Waals surface area contributed by atoms with Gasteiger partial charge in [-0.2, -0.15) is 0 Å². The molecule has 2 aromatic carbocycles. The molecular formula is C14H10BrF2NO2. The Bertz CT molecular complexity index is 662. The van der Waals surface area contributed by atoms with Gasteiger partial charge in [0.15, 0.2) is 11.6 Å². The maximum Gasteiger partial charge on any atom is 0.338 e. The molecule has 3 nitrogen and oxygen atoms in total. The maximum absolute atomic E-state index is 13.0. The van der Waals surface area contributed by atoms with Crippen molar-refractivity contribution in [3.05, 3.63) is 63.6 Å². The van der Waals surface area contributed by atoms with Gasteiger partial charge in [-0.15, -0.1) is 0 Å². The third-order valence-electron chi connectivity index (χ3n) is 2.59. The highest BCUT2D eigenvalue weighted by molar-refractivity contribution is 9.10. The Morgan fingerprint density at radius 2 is 1.90 bits per heavy atom. The first-order chi connectivity index (χ1) is 9.47. The molecular weight excluding hydrogens is 332 g/mol. The Morgan fingerprint density at radius 1 is 1.15 bits per heavy atom. The largest absolute Gasteiger partial charge is 0.457 e. The number of hydrogen-bond donors (Lipinski definition) is 1. The van der Waals surface area contributed by atoms with E-state index in [0.29, 0.717) is 15.7 Å². The zero-order valence-electron chi connectivity index (χ0n) is 10.2. The number of ether oxygens (including phenoxy) is 1. The predicted molar refractivity (Wildman–Crippen MR) is 74.0 cm³/mol. The first-order valence-corrected chi connectivity index (χ1v) is 6.43. The zero-order valence-corrected chi connectivity index (χ0v) is 11.8. The number of benzene rings is 2. The normalized spacial score (nSPS) is 10.3. The van der Waals surface area contributed by atoms with E-state index in [2.05, 4.69) is 15.9 Å². The van der Waals surface area contributed by atoms with Gasteiger partial charge in [0.2, 0.25) is 0 Å². The quantitative estimate of drug-likeness (QED) is 0.684. The number of hydrogen-bond acceptors (Lipinski definition) is 3. The Kier molecular flexibility index (Phi) is 4.34. The van der Waals surface area contributed by atoms with Gasteiger partial charge in [0, 0.05) is 10.2 Å². The first-order valence-electron chi connectivity index (χ1n) is 5.63. The van der Waals surface area contributed by atoms with Crippen molar-refractivity contribution in [3.63, 3.8) is 0 Å². The van der Waals surface area contributed by atoms with E-state index in [1.54, 1.807) is 12.1 Å². The summed E-state index contributed by atoms with van der Waals surface area (Å²) in [4.78, 5) is 11.8. The van der Waals surface area contributed by atoms with Crippen LogP contribution in [0.25, 0.3) is 0 Å². The molecule has 2 N–H and O–H groups in total. The van der Waals surface area contributed by atoms with Gasteiger partial charge < -0.3 is 10.5 Å². The summed E-state index contributed by atoms with van der Waals surface area (Å²) in [5.74, 6) is -2.51. The Balaban J connectivity index is 2.04. The number of carbonyl (C=O) groups is 1.